The lowest BCUT2D eigenvalue weighted by molar-refractivity contribution is 0.395. The van der Waals surface area contributed by atoms with Gasteiger partial charge in [-0.15, -0.1) is 6.58 Å². The van der Waals surface area contributed by atoms with Crippen LogP contribution in [0.15, 0.2) is 35.6 Å². The molecule has 136 valence electrons. The molecule has 3 aromatic rings. The molecule has 0 unspecified atom stereocenters. The van der Waals surface area contributed by atoms with E-state index in [-0.39, 0.29) is 5.56 Å². The van der Waals surface area contributed by atoms with Crippen LogP contribution in [-0.4, -0.2) is 33.6 Å². The van der Waals surface area contributed by atoms with E-state index in [0.717, 1.165) is 0 Å². The number of ether oxygens (including phenoxy) is 2. The number of nitrogens with one attached hydrogen (secondary N) is 1. The maximum absolute atomic E-state index is 12.9. The topological polar surface area (TPSA) is 83.2 Å². The Kier molecular flexibility index (Phi) is 4.66. The standard InChI is InChI=1S/C18H21N5O3/c1-6-9-23-17(24)16-15(11(2)21-22(16)3)20-18(23)19-13-8-7-12(25-4)10-14(13)26-5/h6-8,10H,1,9H2,2-5H3,(H,19,20). The lowest BCUT2D eigenvalue weighted by Gasteiger charge is -2.15. The number of aryl methyl sites for hydroxylation is 2. The van der Waals surface area contributed by atoms with Gasteiger partial charge in [-0.3, -0.25) is 14.0 Å². The predicted octanol–water partition coefficient (Wildman–Crippen LogP) is 2.39. The molecule has 1 aromatic carbocycles. The van der Waals surface area contributed by atoms with Crippen LogP contribution in [-0.2, 0) is 13.6 Å². The fourth-order valence-corrected chi connectivity index (χ4v) is 2.83. The molecule has 0 saturated heterocycles. The number of nitrogens with zero attached hydrogens (tertiary/aromatic N) is 4. The number of benzene rings is 1. The van der Waals surface area contributed by atoms with E-state index in [9.17, 15) is 4.79 Å². The van der Waals surface area contributed by atoms with E-state index in [1.54, 1.807) is 44.2 Å². The molecule has 3 rings (SSSR count). The summed E-state index contributed by atoms with van der Waals surface area (Å²) in [7, 11) is 4.89. The van der Waals surface area contributed by atoms with E-state index in [1.807, 2.05) is 13.0 Å². The van der Waals surface area contributed by atoms with Gasteiger partial charge in [-0.25, -0.2) is 4.98 Å². The Hall–Kier alpha value is -3.29. The van der Waals surface area contributed by atoms with Crippen molar-refractivity contribution in [2.75, 3.05) is 19.5 Å². The Morgan fingerprint density at radius 1 is 1.31 bits per heavy atom. The molecular weight excluding hydrogens is 334 g/mol. The first-order chi connectivity index (χ1) is 12.5. The van der Waals surface area contributed by atoms with Crippen LogP contribution in [0.3, 0.4) is 0 Å². The second kappa shape index (κ2) is 6.91. The fourth-order valence-electron chi connectivity index (χ4n) is 2.83. The number of hydrogen-bond acceptors (Lipinski definition) is 6. The highest BCUT2D eigenvalue weighted by atomic mass is 16.5. The zero-order valence-electron chi connectivity index (χ0n) is 15.2. The SMILES string of the molecule is C=CCn1c(Nc2ccc(OC)cc2OC)nc2c(C)nn(C)c2c1=O. The summed E-state index contributed by atoms with van der Waals surface area (Å²) in [4.78, 5) is 17.6. The van der Waals surface area contributed by atoms with Crippen LogP contribution in [0.5, 0.6) is 11.5 Å². The van der Waals surface area contributed by atoms with Crippen LogP contribution in [0.25, 0.3) is 11.0 Å². The summed E-state index contributed by atoms with van der Waals surface area (Å²) in [6.07, 6.45) is 1.65. The van der Waals surface area contributed by atoms with Gasteiger partial charge in [0.25, 0.3) is 5.56 Å². The summed E-state index contributed by atoms with van der Waals surface area (Å²) in [6, 6.07) is 5.36. The van der Waals surface area contributed by atoms with E-state index >= 15 is 0 Å². The first kappa shape index (κ1) is 17.5. The summed E-state index contributed by atoms with van der Waals surface area (Å²) in [5.74, 6) is 1.64. The fraction of sp³-hybridized carbons (Fsp3) is 0.278. The molecule has 26 heavy (non-hydrogen) atoms. The second-order valence-electron chi connectivity index (χ2n) is 5.74. The molecule has 0 atom stereocenters. The molecular formula is C18H21N5O3. The third-order valence-corrected chi connectivity index (χ3v) is 4.08. The maximum atomic E-state index is 12.9. The third kappa shape index (κ3) is 2.90. The Morgan fingerprint density at radius 3 is 2.73 bits per heavy atom. The van der Waals surface area contributed by atoms with Gasteiger partial charge in [0.1, 0.15) is 17.0 Å². The average Bonchev–Trinajstić information content (AvgIpc) is 2.92. The molecule has 0 aliphatic rings. The zero-order valence-corrected chi connectivity index (χ0v) is 15.2. The van der Waals surface area contributed by atoms with Crippen molar-refractivity contribution in [3.05, 3.63) is 46.9 Å². The van der Waals surface area contributed by atoms with E-state index < -0.39 is 0 Å². The van der Waals surface area contributed by atoms with Gasteiger partial charge in [-0.1, -0.05) is 6.08 Å². The van der Waals surface area contributed by atoms with Gasteiger partial charge < -0.3 is 14.8 Å². The van der Waals surface area contributed by atoms with Gasteiger partial charge in [0.05, 0.1) is 25.6 Å². The molecule has 2 heterocycles. The molecule has 1 N–H and O–H groups in total. The van der Waals surface area contributed by atoms with Gasteiger partial charge in [0.2, 0.25) is 5.95 Å². The minimum Gasteiger partial charge on any atom is -0.497 e. The highest BCUT2D eigenvalue weighted by Crippen LogP contribution is 2.31. The number of fused-ring (bicyclic) bond motifs is 1. The van der Waals surface area contributed by atoms with Crippen molar-refractivity contribution < 1.29 is 9.47 Å². The number of methoxy groups -OCH3 is 2. The minimum absolute atomic E-state index is 0.187. The molecule has 8 nitrogen and oxygen atoms in total. The lowest BCUT2D eigenvalue weighted by atomic mass is 10.2. The Bertz CT molecular complexity index is 1040. The maximum Gasteiger partial charge on any atom is 0.281 e. The van der Waals surface area contributed by atoms with Crippen molar-refractivity contribution in [2.45, 2.75) is 13.5 Å². The molecule has 0 aliphatic heterocycles. The van der Waals surface area contributed by atoms with Crippen LogP contribution in [0, 0.1) is 6.92 Å². The lowest BCUT2D eigenvalue weighted by Crippen LogP contribution is -2.25. The van der Waals surface area contributed by atoms with Crippen LogP contribution in [0.2, 0.25) is 0 Å². The molecule has 0 amide bonds. The largest absolute Gasteiger partial charge is 0.497 e. The van der Waals surface area contributed by atoms with Crippen molar-refractivity contribution in [3.63, 3.8) is 0 Å². The number of anilines is 2. The Labute approximate surface area is 150 Å². The molecule has 0 saturated carbocycles. The molecule has 0 radical (unpaired) electrons. The number of hydrogen-bond donors (Lipinski definition) is 1. The van der Waals surface area contributed by atoms with Crippen molar-refractivity contribution in [2.24, 2.45) is 7.05 Å². The predicted molar refractivity (Wildman–Crippen MR) is 101 cm³/mol. The summed E-state index contributed by atoms with van der Waals surface area (Å²) in [5, 5.41) is 7.49. The minimum atomic E-state index is -0.187. The molecule has 0 bridgehead atoms. The summed E-state index contributed by atoms with van der Waals surface area (Å²) < 4.78 is 13.7. The number of rotatable bonds is 6. The van der Waals surface area contributed by atoms with Crippen LogP contribution in [0.4, 0.5) is 11.6 Å². The summed E-state index contributed by atoms with van der Waals surface area (Å²) >= 11 is 0. The second-order valence-corrected chi connectivity index (χ2v) is 5.74. The quantitative estimate of drug-likeness (QED) is 0.684. The van der Waals surface area contributed by atoms with Gasteiger partial charge in [0, 0.05) is 19.7 Å². The van der Waals surface area contributed by atoms with Gasteiger partial charge >= 0.3 is 0 Å². The third-order valence-electron chi connectivity index (χ3n) is 4.08. The van der Waals surface area contributed by atoms with E-state index in [4.69, 9.17) is 9.47 Å². The van der Waals surface area contributed by atoms with E-state index in [0.29, 0.717) is 46.4 Å². The van der Waals surface area contributed by atoms with Gasteiger partial charge in [-0.2, -0.15) is 5.10 Å². The first-order valence-corrected chi connectivity index (χ1v) is 8.04. The molecule has 2 aromatic heterocycles. The molecule has 0 fully saturated rings. The van der Waals surface area contributed by atoms with Crippen molar-refractivity contribution in [1.29, 1.82) is 0 Å². The molecule has 8 heteroatoms. The van der Waals surface area contributed by atoms with E-state index in [2.05, 4.69) is 22.0 Å². The normalized spacial score (nSPS) is 10.8. The molecule has 0 aliphatic carbocycles. The summed E-state index contributed by atoms with van der Waals surface area (Å²) in [6.45, 7) is 5.87. The summed E-state index contributed by atoms with van der Waals surface area (Å²) in [5.41, 5.74) is 2.19. The molecule has 0 spiro atoms. The highest BCUT2D eigenvalue weighted by Gasteiger charge is 2.17. The van der Waals surface area contributed by atoms with Gasteiger partial charge in [-0.05, 0) is 19.1 Å². The van der Waals surface area contributed by atoms with Crippen molar-refractivity contribution >= 4 is 22.7 Å². The Balaban J connectivity index is 2.18. The number of aromatic nitrogens is 4. The van der Waals surface area contributed by atoms with Crippen molar-refractivity contribution in [1.82, 2.24) is 19.3 Å². The van der Waals surface area contributed by atoms with Crippen molar-refractivity contribution in [3.8, 4) is 11.5 Å². The van der Waals surface area contributed by atoms with E-state index in [1.165, 1.54) is 4.57 Å². The smallest absolute Gasteiger partial charge is 0.281 e. The average molecular weight is 355 g/mol. The highest BCUT2D eigenvalue weighted by molar-refractivity contribution is 5.78. The van der Waals surface area contributed by atoms with Gasteiger partial charge in [0.15, 0.2) is 5.52 Å². The zero-order chi connectivity index (χ0) is 18.8. The Morgan fingerprint density at radius 2 is 2.08 bits per heavy atom. The van der Waals surface area contributed by atoms with Crippen LogP contribution >= 0.6 is 0 Å². The monoisotopic (exact) mass is 355 g/mol. The van der Waals surface area contributed by atoms with Crippen LogP contribution in [0.1, 0.15) is 5.69 Å². The number of allylic oxidation sites excluding steroid dienone is 1. The van der Waals surface area contributed by atoms with Crippen LogP contribution < -0.4 is 20.3 Å². The first-order valence-electron chi connectivity index (χ1n) is 8.04.